The number of aryl methyl sites for hydroxylation is 2. The standard InChI is InChI=1S/C13H15N3S/c1-6-5-8(6)12-15-11(14)10-7-3-2-4-9(7)17-13(10)16-12/h6,8H,2-5H2,1H3,(H2,14,15,16). The molecule has 0 bridgehead atoms. The highest BCUT2D eigenvalue weighted by Gasteiger charge is 2.37. The summed E-state index contributed by atoms with van der Waals surface area (Å²) in [6.45, 7) is 2.25. The first-order chi connectivity index (χ1) is 8.24. The second-order valence-corrected chi connectivity index (χ2v) is 6.41. The van der Waals surface area contributed by atoms with Crippen LogP contribution in [0.3, 0.4) is 0 Å². The van der Waals surface area contributed by atoms with Gasteiger partial charge < -0.3 is 5.73 Å². The summed E-state index contributed by atoms with van der Waals surface area (Å²) in [5.74, 6) is 2.98. The van der Waals surface area contributed by atoms with Crippen LogP contribution in [0.5, 0.6) is 0 Å². The third kappa shape index (κ3) is 1.33. The summed E-state index contributed by atoms with van der Waals surface area (Å²) in [4.78, 5) is 11.9. The molecule has 0 aromatic carbocycles. The van der Waals surface area contributed by atoms with Crippen LogP contribution in [0.15, 0.2) is 0 Å². The Morgan fingerprint density at radius 2 is 2.12 bits per heavy atom. The van der Waals surface area contributed by atoms with Crippen molar-refractivity contribution in [2.45, 2.75) is 38.5 Å². The van der Waals surface area contributed by atoms with Crippen molar-refractivity contribution < 1.29 is 0 Å². The minimum absolute atomic E-state index is 0.554. The molecule has 4 heteroatoms. The fourth-order valence-corrected chi connectivity index (χ4v) is 4.16. The van der Waals surface area contributed by atoms with Crippen LogP contribution in [0.2, 0.25) is 0 Å². The zero-order valence-corrected chi connectivity index (χ0v) is 10.7. The van der Waals surface area contributed by atoms with Gasteiger partial charge in [0.05, 0.1) is 5.39 Å². The van der Waals surface area contributed by atoms with E-state index >= 15 is 0 Å². The van der Waals surface area contributed by atoms with Crippen molar-refractivity contribution in [3.8, 4) is 0 Å². The second-order valence-electron chi connectivity index (χ2n) is 5.32. The van der Waals surface area contributed by atoms with Crippen LogP contribution in [0, 0.1) is 5.92 Å². The SMILES string of the molecule is CC1CC1c1nc(N)c2c3c(sc2n1)CCC3. The number of nitrogens with two attached hydrogens (primary N) is 1. The molecular weight excluding hydrogens is 230 g/mol. The van der Waals surface area contributed by atoms with Gasteiger partial charge in [-0.05, 0) is 37.2 Å². The lowest BCUT2D eigenvalue weighted by molar-refractivity contribution is 0.854. The first kappa shape index (κ1) is 9.83. The van der Waals surface area contributed by atoms with Crippen LogP contribution in [0.4, 0.5) is 5.82 Å². The van der Waals surface area contributed by atoms with E-state index in [2.05, 4.69) is 11.9 Å². The maximum atomic E-state index is 6.14. The lowest BCUT2D eigenvalue weighted by Gasteiger charge is -2.02. The van der Waals surface area contributed by atoms with Crippen molar-refractivity contribution in [2.75, 3.05) is 5.73 Å². The van der Waals surface area contributed by atoms with Gasteiger partial charge >= 0.3 is 0 Å². The van der Waals surface area contributed by atoms with Gasteiger partial charge in [-0.15, -0.1) is 11.3 Å². The molecule has 0 radical (unpaired) electrons. The molecular formula is C13H15N3S. The average molecular weight is 245 g/mol. The Balaban J connectivity index is 1.94. The van der Waals surface area contributed by atoms with Crippen LogP contribution in [-0.4, -0.2) is 9.97 Å². The Labute approximate surface area is 104 Å². The Kier molecular flexibility index (Phi) is 1.85. The molecule has 88 valence electrons. The van der Waals surface area contributed by atoms with Gasteiger partial charge in [-0.25, -0.2) is 9.97 Å². The van der Waals surface area contributed by atoms with E-state index in [0.29, 0.717) is 11.7 Å². The molecule has 2 atom stereocenters. The Hall–Kier alpha value is -1.16. The molecule has 17 heavy (non-hydrogen) atoms. The molecule has 2 aliphatic rings. The molecule has 0 saturated heterocycles. The lowest BCUT2D eigenvalue weighted by atomic mass is 10.2. The topological polar surface area (TPSA) is 51.8 Å². The van der Waals surface area contributed by atoms with Gasteiger partial charge in [0.1, 0.15) is 16.5 Å². The maximum Gasteiger partial charge on any atom is 0.136 e. The molecule has 0 spiro atoms. The van der Waals surface area contributed by atoms with Crippen LogP contribution < -0.4 is 5.73 Å². The first-order valence-corrected chi connectivity index (χ1v) is 7.13. The number of hydrogen-bond donors (Lipinski definition) is 1. The highest BCUT2D eigenvalue weighted by molar-refractivity contribution is 7.19. The number of hydrogen-bond acceptors (Lipinski definition) is 4. The smallest absolute Gasteiger partial charge is 0.136 e. The summed E-state index contributed by atoms with van der Waals surface area (Å²) in [5.41, 5.74) is 7.57. The van der Waals surface area contributed by atoms with Gasteiger partial charge in [0.15, 0.2) is 0 Å². The van der Waals surface area contributed by atoms with E-state index in [1.54, 1.807) is 0 Å². The maximum absolute atomic E-state index is 6.14. The van der Waals surface area contributed by atoms with Crippen LogP contribution >= 0.6 is 11.3 Å². The van der Waals surface area contributed by atoms with Gasteiger partial charge in [-0.2, -0.15) is 0 Å². The molecule has 4 rings (SSSR count). The number of rotatable bonds is 1. The van der Waals surface area contributed by atoms with Crippen molar-refractivity contribution in [3.63, 3.8) is 0 Å². The van der Waals surface area contributed by atoms with E-state index in [1.165, 1.54) is 29.7 Å². The Bertz CT molecular complexity index is 617. The van der Waals surface area contributed by atoms with E-state index in [-0.39, 0.29) is 0 Å². The highest BCUT2D eigenvalue weighted by Crippen LogP contribution is 2.47. The van der Waals surface area contributed by atoms with Crippen molar-refractivity contribution in [2.24, 2.45) is 5.92 Å². The van der Waals surface area contributed by atoms with Gasteiger partial charge in [-0.1, -0.05) is 6.92 Å². The van der Waals surface area contributed by atoms with Gasteiger partial charge in [0.25, 0.3) is 0 Å². The van der Waals surface area contributed by atoms with Crippen LogP contribution in [-0.2, 0) is 12.8 Å². The van der Waals surface area contributed by atoms with E-state index < -0.39 is 0 Å². The van der Waals surface area contributed by atoms with Crippen LogP contribution in [0.25, 0.3) is 10.2 Å². The number of fused-ring (bicyclic) bond motifs is 3. The predicted octanol–water partition coefficient (Wildman–Crippen LogP) is 2.89. The second kappa shape index (κ2) is 3.19. The predicted molar refractivity (Wildman–Crippen MR) is 70.4 cm³/mol. The molecule has 2 aromatic heterocycles. The first-order valence-electron chi connectivity index (χ1n) is 6.31. The van der Waals surface area contributed by atoms with Crippen molar-refractivity contribution in [3.05, 3.63) is 16.3 Å². The number of anilines is 1. The van der Waals surface area contributed by atoms with E-state index in [0.717, 1.165) is 28.4 Å². The largest absolute Gasteiger partial charge is 0.383 e. The molecule has 2 heterocycles. The normalized spacial score (nSPS) is 26.4. The summed E-state index contributed by atoms with van der Waals surface area (Å²) in [5, 5.41) is 1.15. The molecule has 2 aliphatic carbocycles. The number of nitrogen functional groups attached to an aromatic ring is 1. The number of aromatic nitrogens is 2. The summed E-state index contributed by atoms with van der Waals surface area (Å²) in [7, 11) is 0. The minimum Gasteiger partial charge on any atom is -0.383 e. The van der Waals surface area contributed by atoms with Crippen molar-refractivity contribution in [1.29, 1.82) is 0 Å². The highest BCUT2D eigenvalue weighted by atomic mass is 32.1. The summed E-state index contributed by atoms with van der Waals surface area (Å²) >= 11 is 1.83. The molecule has 1 fully saturated rings. The van der Waals surface area contributed by atoms with E-state index in [9.17, 15) is 0 Å². The van der Waals surface area contributed by atoms with Crippen molar-refractivity contribution >= 4 is 27.4 Å². The van der Waals surface area contributed by atoms with Gasteiger partial charge in [-0.3, -0.25) is 0 Å². The Morgan fingerprint density at radius 1 is 1.29 bits per heavy atom. The summed E-state index contributed by atoms with van der Waals surface area (Å²) < 4.78 is 0. The fourth-order valence-electron chi connectivity index (χ4n) is 2.89. The number of nitrogens with zero attached hydrogens (tertiary/aromatic N) is 2. The molecule has 0 amide bonds. The fraction of sp³-hybridized carbons (Fsp3) is 0.538. The number of thiophene rings is 1. The molecule has 0 aliphatic heterocycles. The zero-order chi connectivity index (χ0) is 11.6. The van der Waals surface area contributed by atoms with Gasteiger partial charge in [0.2, 0.25) is 0 Å². The van der Waals surface area contributed by atoms with E-state index in [4.69, 9.17) is 10.7 Å². The lowest BCUT2D eigenvalue weighted by Crippen LogP contribution is -2.00. The minimum atomic E-state index is 0.554. The quantitative estimate of drug-likeness (QED) is 0.840. The summed E-state index contributed by atoms with van der Waals surface area (Å²) in [6, 6.07) is 0. The molecule has 2 unspecified atom stereocenters. The van der Waals surface area contributed by atoms with Gasteiger partial charge in [0, 0.05) is 10.8 Å². The van der Waals surface area contributed by atoms with E-state index in [1.807, 2.05) is 11.3 Å². The van der Waals surface area contributed by atoms with Crippen molar-refractivity contribution in [1.82, 2.24) is 9.97 Å². The molecule has 1 saturated carbocycles. The monoisotopic (exact) mass is 245 g/mol. The molecule has 2 N–H and O–H groups in total. The summed E-state index contributed by atoms with van der Waals surface area (Å²) in [6.07, 6.45) is 4.83. The third-order valence-electron chi connectivity index (χ3n) is 4.05. The zero-order valence-electron chi connectivity index (χ0n) is 9.86. The molecule has 2 aromatic rings. The molecule has 3 nitrogen and oxygen atoms in total. The van der Waals surface area contributed by atoms with Crippen LogP contribution in [0.1, 0.15) is 41.9 Å². The third-order valence-corrected chi connectivity index (χ3v) is 5.24. The average Bonchev–Trinajstić information content (AvgIpc) is 2.72. The Morgan fingerprint density at radius 3 is 2.88 bits per heavy atom.